The van der Waals surface area contributed by atoms with Crippen LogP contribution in [0.1, 0.15) is 5.56 Å². The van der Waals surface area contributed by atoms with Gasteiger partial charge in [0, 0.05) is 0 Å². The summed E-state index contributed by atoms with van der Waals surface area (Å²) in [5.74, 6) is -0.217. The van der Waals surface area contributed by atoms with Crippen molar-refractivity contribution in [2.75, 3.05) is 19.1 Å². The Hall–Kier alpha value is -2.42. The van der Waals surface area contributed by atoms with Gasteiger partial charge in [-0.3, -0.25) is 19.8 Å². The highest BCUT2D eigenvalue weighted by Gasteiger charge is 2.35. The van der Waals surface area contributed by atoms with Gasteiger partial charge in [-0.15, -0.1) is 0 Å². The zero-order valence-electron chi connectivity index (χ0n) is 14.8. The minimum atomic E-state index is -0.593. The largest absolute Gasteiger partial charge is 0.493 e. The van der Waals surface area contributed by atoms with Crippen LogP contribution in [-0.4, -0.2) is 31.1 Å². The zero-order valence-corrected chi connectivity index (χ0v) is 17.9. The summed E-state index contributed by atoms with van der Waals surface area (Å²) in [6, 6.07) is 10.1. The van der Waals surface area contributed by atoms with Gasteiger partial charge in [-0.1, -0.05) is 23.7 Å². The molecule has 1 N–H and O–H groups in total. The first-order valence-electron chi connectivity index (χ1n) is 7.95. The van der Waals surface area contributed by atoms with Crippen LogP contribution in [0, 0.1) is 0 Å². The number of para-hydroxylation sites is 1. The fraction of sp³-hybridized carbons (Fsp3) is 0.105. The summed E-state index contributed by atoms with van der Waals surface area (Å²) in [5.41, 5.74) is 0.862. The number of thiocarbonyl (C=S) groups is 1. The lowest BCUT2D eigenvalue weighted by Gasteiger charge is -2.29. The van der Waals surface area contributed by atoms with Gasteiger partial charge in [-0.05, 0) is 64.1 Å². The number of nitrogens with one attached hydrogen (secondary N) is 1. The molecule has 1 aliphatic rings. The van der Waals surface area contributed by atoms with Gasteiger partial charge < -0.3 is 9.47 Å². The SMILES string of the molecule is COc1cc(/C=C2/C(=O)NC(=S)N(c3ccccc3Cl)C2=O)cc(Br)c1OC. The predicted octanol–water partition coefficient (Wildman–Crippen LogP) is 3.95. The first kappa shape index (κ1) is 20.3. The molecule has 1 fully saturated rings. The Morgan fingerprint density at radius 3 is 2.54 bits per heavy atom. The van der Waals surface area contributed by atoms with E-state index in [1.54, 1.807) is 36.4 Å². The molecule has 0 spiro atoms. The molecule has 144 valence electrons. The monoisotopic (exact) mass is 480 g/mol. The van der Waals surface area contributed by atoms with Crippen LogP contribution in [0.3, 0.4) is 0 Å². The van der Waals surface area contributed by atoms with E-state index < -0.39 is 11.8 Å². The number of carbonyl (C=O) groups is 2. The molecule has 0 radical (unpaired) electrons. The molecule has 28 heavy (non-hydrogen) atoms. The molecule has 0 bridgehead atoms. The van der Waals surface area contributed by atoms with E-state index in [1.807, 2.05) is 0 Å². The molecule has 0 unspecified atom stereocenters. The van der Waals surface area contributed by atoms with Gasteiger partial charge in [0.15, 0.2) is 16.6 Å². The minimum absolute atomic E-state index is 0.0336. The van der Waals surface area contributed by atoms with Gasteiger partial charge in [-0.2, -0.15) is 0 Å². The highest BCUT2D eigenvalue weighted by molar-refractivity contribution is 9.10. The van der Waals surface area contributed by atoms with Gasteiger partial charge in [0.05, 0.1) is 29.4 Å². The summed E-state index contributed by atoms with van der Waals surface area (Å²) >= 11 is 14.8. The smallest absolute Gasteiger partial charge is 0.270 e. The fourth-order valence-electron chi connectivity index (χ4n) is 2.70. The van der Waals surface area contributed by atoms with Crippen molar-refractivity contribution in [3.8, 4) is 11.5 Å². The highest BCUT2D eigenvalue weighted by Crippen LogP contribution is 2.37. The summed E-state index contributed by atoms with van der Waals surface area (Å²) in [6.45, 7) is 0. The number of hydrogen-bond donors (Lipinski definition) is 1. The third-order valence-electron chi connectivity index (χ3n) is 3.96. The lowest BCUT2D eigenvalue weighted by molar-refractivity contribution is -0.122. The predicted molar refractivity (Wildman–Crippen MR) is 115 cm³/mol. The third kappa shape index (κ3) is 3.76. The third-order valence-corrected chi connectivity index (χ3v) is 5.16. The molecule has 0 saturated carbocycles. The number of halogens is 2. The van der Waals surface area contributed by atoms with E-state index in [1.165, 1.54) is 25.2 Å². The molecule has 2 amide bonds. The van der Waals surface area contributed by atoms with Crippen molar-refractivity contribution in [1.82, 2.24) is 5.32 Å². The van der Waals surface area contributed by atoms with Gasteiger partial charge >= 0.3 is 0 Å². The molecule has 0 atom stereocenters. The maximum Gasteiger partial charge on any atom is 0.270 e. The van der Waals surface area contributed by atoms with Crippen LogP contribution in [0.15, 0.2) is 46.4 Å². The molecule has 0 aliphatic carbocycles. The van der Waals surface area contributed by atoms with E-state index in [0.29, 0.717) is 32.2 Å². The number of amides is 2. The van der Waals surface area contributed by atoms with E-state index in [4.69, 9.17) is 33.3 Å². The molecule has 1 saturated heterocycles. The molecule has 1 aliphatic heterocycles. The molecule has 9 heteroatoms. The van der Waals surface area contributed by atoms with E-state index >= 15 is 0 Å². The number of nitrogens with zero attached hydrogens (tertiary/aromatic N) is 1. The fourth-order valence-corrected chi connectivity index (χ4v) is 3.81. The van der Waals surface area contributed by atoms with Gasteiger partial charge in [0.1, 0.15) is 5.57 Å². The van der Waals surface area contributed by atoms with Crippen molar-refractivity contribution in [3.05, 3.63) is 57.0 Å². The summed E-state index contributed by atoms with van der Waals surface area (Å²) in [4.78, 5) is 26.7. The van der Waals surface area contributed by atoms with Crippen LogP contribution in [0.5, 0.6) is 11.5 Å². The molecule has 1 heterocycles. The molecule has 2 aromatic carbocycles. The summed E-state index contributed by atoms with van der Waals surface area (Å²) in [7, 11) is 3.01. The maximum absolute atomic E-state index is 13.0. The summed E-state index contributed by atoms with van der Waals surface area (Å²) in [6.07, 6.45) is 1.45. The quantitative estimate of drug-likeness (QED) is 0.407. The second-order valence-electron chi connectivity index (χ2n) is 5.65. The van der Waals surface area contributed by atoms with Crippen LogP contribution in [0.25, 0.3) is 6.08 Å². The lowest BCUT2D eigenvalue weighted by atomic mass is 10.1. The highest BCUT2D eigenvalue weighted by atomic mass is 79.9. The Bertz CT molecular complexity index is 1020. The molecular weight excluding hydrogens is 468 g/mol. The first-order chi connectivity index (χ1) is 13.4. The Kier molecular flexibility index (Phi) is 6.02. The minimum Gasteiger partial charge on any atom is -0.493 e. The van der Waals surface area contributed by atoms with E-state index in [9.17, 15) is 9.59 Å². The van der Waals surface area contributed by atoms with Crippen LogP contribution in [0.4, 0.5) is 5.69 Å². The van der Waals surface area contributed by atoms with Crippen LogP contribution >= 0.6 is 39.7 Å². The van der Waals surface area contributed by atoms with Crippen molar-refractivity contribution in [3.63, 3.8) is 0 Å². The van der Waals surface area contributed by atoms with Crippen LogP contribution in [0.2, 0.25) is 5.02 Å². The second-order valence-corrected chi connectivity index (χ2v) is 7.30. The Labute approximate surface area is 180 Å². The van der Waals surface area contributed by atoms with Crippen molar-refractivity contribution in [1.29, 1.82) is 0 Å². The second kappa shape index (κ2) is 8.30. The van der Waals surface area contributed by atoms with E-state index in [-0.39, 0.29) is 10.7 Å². The van der Waals surface area contributed by atoms with Crippen molar-refractivity contribution in [2.24, 2.45) is 0 Å². The van der Waals surface area contributed by atoms with Crippen LogP contribution < -0.4 is 19.7 Å². The van der Waals surface area contributed by atoms with Gasteiger partial charge in [0.2, 0.25) is 0 Å². The summed E-state index contributed by atoms with van der Waals surface area (Å²) < 4.78 is 11.2. The number of anilines is 1. The number of ether oxygens (including phenoxy) is 2. The normalized spacial score (nSPS) is 15.6. The molecule has 2 aromatic rings. The molecule has 3 rings (SSSR count). The van der Waals surface area contributed by atoms with Crippen molar-refractivity contribution >= 4 is 68.4 Å². The average molecular weight is 482 g/mol. The molecular formula is C19H14BrClN2O4S. The standard InChI is InChI=1S/C19H14BrClN2O4S/c1-26-15-9-10(8-12(20)16(15)27-2)7-11-17(24)22-19(28)23(18(11)25)14-6-4-3-5-13(14)21/h3-9H,1-2H3,(H,22,24,28)/b11-7-. The van der Waals surface area contributed by atoms with E-state index in [2.05, 4.69) is 21.2 Å². The van der Waals surface area contributed by atoms with Gasteiger partial charge in [0.25, 0.3) is 11.8 Å². The first-order valence-corrected chi connectivity index (χ1v) is 9.52. The zero-order chi connectivity index (χ0) is 20.4. The average Bonchev–Trinajstić information content (AvgIpc) is 2.66. The number of carbonyl (C=O) groups excluding carboxylic acids is 2. The molecule has 6 nitrogen and oxygen atoms in total. The number of methoxy groups -OCH3 is 2. The maximum atomic E-state index is 13.0. The van der Waals surface area contributed by atoms with Crippen molar-refractivity contribution < 1.29 is 19.1 Å². The van der Waals surface area contributed by atoms with Gasteiger partial charge in [-0.25, -0.2) is 0 Å². The summed E-state index contributed by atoms with van der Waals surface area (Å²) in [5, 5.41) is 2.83. The topological polar surface area (TPSA) is 67.9 Å². The Morgan fingerprint density at radius 2 is 1.89 bits per heavy atom. The molecule has 0 aromatic heterocycles. The Morgan fingerprint density at radius 1 is 1.18 bits per heavy atom. The van der Waals surface area contributed by atoms with E-state index in [0.717, 1.165) is 0 Å². The number of benzene rings is 2. The number of rotatable bonds is 4. The van der Waals surface area contributed by atoms with Crippen molar-refractivity contribution in [2.45, 2.75) is 0 Å². The lowest BCUT2D eigenvalue weighted by Crippen LogP contribution is -2.54. The number of hydrogen-bond acceptors (Lipinski definition) is 5. The van der Waals surface area contributed by atoms with Crippen LogP contribution in [-0.2, 0) is 9.59 Å². The Balaban J connectivity index is 2.07.